The Morgan fingerprint density at radius 1 is 0.852 bits per heavy atom. The summed E-state index contributed by atoms with van der Waals surface area (Å²) < 4.78 is 10.6. The third kappa shape index (κ3) is 17.2. The average molecular weight is 389 g/mol. The first-order valence-corrected chi connectivity index (χ1v) is 11.2. The number of hydrogen-bond donors (Lipinski definition) is 2. The van der Waals surface area contributed by atoms with Gasteiger partial charge in [-0.1, -0.05) is 71.1 Å². The van der Waals surface area contributed by atoms with Gasteiger partial charge in [0.25, 0.3) is 0 Å². The van der Waals surface area contributed by atoms with E-state index in [0.717, 1.165) is 51.4 Å². The van der Waals surface area contributed by atoms with Crippen molar-refractivity contribution in [1.82, 2.24) is 0 Å². The van der Waals surface area contributed by atoms with Crippen LogP contribution in [0, 0.1) is 0 Å². The molecule has 2 N–H and O–H groups in total. The lowest BCUT2D eigenvalue weighted by Crippen LogP contribution is -2.30. The molecule has 0 amide bonds. The standard InChI is InChI=1S/C22H44O5/c1-3-5-6-7-9-12-15-20(24)21(27-19-18-23)16-13-10-8-11-14-17-22(25)26-4-2/h20-21,23-24H,3-19H2,1-2H3. The SMILES string of the molecule is CCCCCCCCC(O)C(CCCCCCCC(=O)OCC)OCCO. The van der Waals surface area contributed by atoms with Gasteiger partial charge in [0.05, 0.1) is 32.0 Å². The fraction of sp³-hybridized carbons (Fsp3) is 0.955. The van der Waals surface area contributed by atoms with E-state index in [4.69, 9.17) is 14.6 Å². The van der Waals surface area contributed by atoms with E-state index in [-0.39, 0.29) is 25.3 Å². The number of esters is 1. The lowest BCUT2D eigenvalue weighted by atomic mass is 9.99. The Balaban J connectivity index is 3.83. The van der Waals surface area contributed by atoms with E-state index in [0.29, 0.717) is 13.0 Å². The van der Waals surface area contributed by atoms with Crippen molar-refractivity contribution in [3.8, 4) is 0 Å². The minimum Gasteiger partial charge on any atom is -0.466 e. The van der Waals surface area contributed by atoms with Crippen LogP contribution in [-0.2, 0) is 14.3 Å². The average Bonchev–Trinajstić information content (AvgIpc) is 2.66. The molecule has 0 aromatic rings. The van der Waals surface area contributed by atoms with E-state index in [1.807, 2.05) is 6.92 Å². The molecule has 0 aromatic carbocycles. The van der Waals surface area contributed by atoms with Crippen LogP contribution in [-0.4, -0.2) is 48.2 Å². The van der Waals surface area contributed by atoms with E-state index in [9.17, 15) is 9.90 Å². The van der Waals surface area contributed by atoms with E-state index < -0.39 is 6.10 Å². The first-order chi connectivity index (χ1) is 13.2. The Kier molecular flexibility index (Phi) is 19.6. The molecule has 0 bridgehead atoms. The minimum atomic E-state index is -0.438. The highest BCUT2D eigenvalue weighted by atomic mass is 16.5. The normalized spacial score (nSPS) is 13.5. The van der Waals surface area contributed by atoms with Gasteiger partial charge in [-0.2, -0.15) is 0 Å². The van der Waals surface area contributed by atoms with Crippen LogP contribution in [0.3, 0.4) is 0 Å². The summed E-state index contributed by atoms with van der Waals surface area (Å²) in [5.74, 6) is -0.104. The molecule has 0 rings (SSSR count). The predicted molar refractivity (Wildman–Crippen MR) is 110 cm³/mol. The van der Waals surface area contributed by atoms with Gasteiger partial charge in [0.1, 0.15) is 0 Å². The molecule has 0 heterocycles. The Morgan fingerprint density at radius 2 is 1.44 bits per heavy atom. The monoisotopic (exact) mass is 388 g/mol. The quantitative estimate of drug-likeness (QED) is 0.232. The van der Waals surface area contributed by atoms with E-state index in [1.54, 1.807) is 0 Å². The topological polar surface area (TPSA) is 76.0 Å². The zero-order chi connectivity index (χ0) is 20.2. The fourth-order valence-electron chi connectivity index (χ4n) is 3.29. The van der Waals surface area contributed by atoms with E-state index >= 15 is 0 Å². The van der Waals surface area contributed by atoms with Gasteiger partial charge in [0.15, 0.2) is 0 Å². The first kappa shape index (κ1) is 26.4. The van der Waals surface area contributed by atoms with Gasteiger partial charge in [-0.15, -0.1) is 0 Å². The highest BCUT2D eigenvalue weighted by molar-refractivity contribution is 5.69. The summed E-state index contributed by atoms with van der Waals surface area (Å²) in [5, 5.41) is 19.4. The second-order valence-electron chi connectivity index (χ2n) is 7.37. The molecule has 0 fully saturated rings. The van der Waals surface area contributed by atoms with Crippen LogP contribution in [0.4, 0.5) is 0 Å². The maximum atomic E-state index is 11.3. The summed E-state index contributed by atoms with van der Waals surface area (Å²) in [6.07, 6.45) is 13.9. The summed E-state index contributed by atoms with van der Waals surface area (Å²) in [6.45, 7) is 4.78. The van der Waals surface area contributed by atoms with Gasteiger partial charge in [-0.25, -0.2) is 0 Å². The van der Waals surface area contributed by atoms with Gasteiger partial charge in [-0.3, -0.25) is 4.79 Å². The van der Waals surface area contributed by atoms with Crippen molar-refractivity contribution >= 4 is 5.97 Å². The van der Waals surface area contributed by atoms with Crippen LogP contribution in [0.2, 0.25) is 0 Å². The van der Waals surface area contributed by atoms with E-state index in [1.165, 1.54) is 32.1 Å². The van der Waals surface area contributed by atoms with Crippen molar-refractivity contribution in [1.29, 1.82) is 0 Å². The number of carbonyl (C=O) groups excluding carboxylic acids is 1. The zero-order valence-electron chi connectivity index (χ0n) is 17.8. The summed E-state index contributed by atoms with van der Waals surface area (Å²) in [6, 6.07) is 0. The molecule has 0 aliphatic heterocycles. The van der Waals surface area contributed by atoms with Crippen molar-refractivity contribution in [2.45, 2.75) is 116 Å². The second-order valence-corrected chi connectivity index (χ2v) is 7.37. The first-order valence-electron chi connectivity index (χ1n) is 11.2. The molecule has 2 atom stereocenters. The minimum absolute atomic E-state index is 0.00586. The third-order valence-corrected chi connectivity index (χ3v) is 4.88. The number of ether oxygens (including phenoxy) is 2. The Labute approximate surface area is 166 Å². The number of aliphatic hydroxyl groups excluding tert-OH is 2. The van der Waals surface area contributed by atoms with Gasteiger partial charge in [0.2, 0.25) is 0 Å². The molecule has 162 valence electrons. The van der Waals surface area contributed by atoms with Gasteiger partial charge in [-0.05, 0) is 26.2 Å². The lowest BCUT2D eigenvalue weighted by molar-refractivity contribution is -0.143. The maximum absolute atomic E-state index is 11.3. The molecule has 0 saturated heterocycles. The molecule has 5 heteroatoms. The summed E-state index contributed by atoms with van der Waals surface area (Å²) in [5.41, 5.74) is 0. The molecule has 0 aliphatic carbocycles. The number of rotatable bonds is 20. The molecule has 2 unspecified atom stereocenters. The van der Waals surface area contributed by atoms with Crippen molar-refractivity contribution in [2.75, 3.05) is 19.8 Å². The van der Waals surface area contributed by atoms with Crippen LogP contribution in [0.1, 0.15) is 104 Å². The summed E-state index contributed by atoms with van der Waals surface area (Å²) in [4.78, 5) is 11.3. The third-order valence-electron chi connectivity index (χ3n) is 4.88. The van der Waals surface area contributed by atoms with Crippen molar-refractivity contribution in [3.63, 3.8) is 0 Å². The van der Waals surface area contributed by atoms with Crippen molar-refractivity contribution in [3.05, 3.63) is 0 Å². The van der Waals surface area contributed by atoms with Crippen LogP contribution >= 0.6 is 0 Å². The molecule has 0 radical (unpaired) electrons. The molecule has 27 heavy (non-hydrogen) atoms. The molecule has 0 aromatic heterocycles. The Morgan fingerprint density at radius 3 is 2.07 bits per heavy atom. The predicted octanol–water partition coefficient (Wildman–Crippen LogP) is 4.77. The fourth-order valence-corrected chi connectivity index (χ4v) is 3.29. The van der Waals surface area contributed by atoms with Gasteiger partial charge >= 0.3 is 5.97 Å². The number of aliphatic hydroxyl groups is 2. The van der Waals surface area contributed by atoms with Crippen molar-refractivity contribution in [2.24, 2.45) is 0 Å². The van der Waals surface area contributed by atoms with Gasteiger partial charge < -0.3 is 19.7 Å². The number of carbonyl (C=O) groups is 1. The summed E-state index contributed by atoms with van der Waals surface area (Å²) >= 11 is 0. The zero-order valence-corrected chi connectivity index (χ0v) is 17.8. The molecule has 0 saturated carbocycles. The number of unbranched alkanes of at least 4 members (excludes halogenated alkanes) is 9. The van der Waals surface area contributed by atoms with Crippen LogP contribution in [0.5, 0.6) is 0 Å². The van der Waals surface area contributed by atoms with Crippen LogP contribution in [0.15, 0.2) is 0 Å². The molecule has 5 nitrogen and oxygen atoms in total. The summed E-state index contributed by atoms with van der Waals surface area (Å²) in [7, 11) is 0. The van der Waals surface area contributed by atoms with Crippen LogP contribution < -0.4 is 0 Å². The molecule has 0 spiro atoms. The number of hydrogen-bond acceptors (Lipinski definition) is 5. The smallest absolute Gasteiger partial charge is 0.305 e. The highest BCUT2D eigenvalue weighted by Gasteiger charge is 2.19. The van der Waals surface area contributed by atoms with E-state index in [2.05, 4.69) is 6.92 Å². The Bertz CT molecular complexity index is 322. The molecule has 0 aliphatic rings. The van der Waals surface area contributed by atoms with Gasteiger partial charge in [0, 0.05) is 6.42 Å². The molecular formula is C22H44O5. The second kappa shape index (κ2) is 20.1. The highest BCUT2D eigenvalue weighted by Crippen LogP contribution is 2.17. The van der Waals surface area contributed by atoms with Crippen LogP contribution in [0.25, 0.3) is 0 Å². The lowest BCUT2D eigenvalue weighted by Gasteiger charge is -2.23. The molecular weight excluding hydrogens is 344 g/mol. The maximum Gasteiger partial charge on any atom is 0.305 e. The largest absolute Gasteiger partial charge is 0.466 e. The Hall–Kier alpha value is -0.650. The van der Waals surface area contributed by atoms with Crippen molar-refractivity contribution < 1.29 is 24.5 Å².